The lowest BCUT2D eigenvalue weighted by atomic mass is 9.82. The number of ether oxygens (including phenoxy) is 1. The normalized spacial score (nSPS) is 25.6. The molecule has 13 nitrogen and oxygen atoms in total. The molecule has 1 aliphatic carbocycles. The summed E-state index contributed by atoms with van der Waals surface area (Å²) in [6.45, 7) is -0.470. The largest absolute Gasteiger partial charge is 0.508 e. The number of carboxylic acid groups (broad SMARTS) is 1. The number of hydrogen-bond donors (Lipinski definition) is 9. The first-order chi connectivity index (χ1) is 15.9. The molecule has 1 fully saturated rings. The van der Waals surface area contributed by atoms with Crippen LogP contribution in [0.15, 0.2) is 24.3 Å². The number of carbonyl (C=O) groups excluding carboxylic acids is 2. The number of aromatic hydroxyl groups is 3. The van der Waals surface area contributed by atoms with Crippen molar-refractivity contribution in [1.29, 1.82) is 0 Å². The summed E-state index contributed by atoms with van der Waals surface area (Å²) in [5, 5.41) is 74.1. The van der Waals surface area contributed by atoms with Gasteiger partial charge in [0.15, 0.2) is 12.1 Å². The fraction of sp³-hybridized carbons (Fsp3) is 0.286. The minimum atomic E-state index is -1.37. The lowest BCUT2D eigenvalue weighted by Crippen LogP contribution is -2.61. The molecule has 1 heterocycles. The summed E-state index contributed by atoms with van der Waals surface area (Å²) in [7, 11) is 0. The summed E-state index contributed by atoms with van der Waals surface area (Å²) in [6.07, 6.45) is -4.85. The van der Waals surface area contributed by atoms with E-state index < -0.39 is 72.0 Å². The Labute approximate surface area is 190 Å². The fourth-order valence-electron chi connectivity index (χ4n) is 3.59. The van der Waals surface area contributed by atoms with Gasteiger partial charge in [0.25, 0.3) is 0 Å². The number of nitrogens with two attached hydrogens (primary N) is 1. The molecule has 4 rings (SSSR count). The Balaban J connectivity index is 0.000000229. The minimum absolute atomic E-state index is 0.253. The van der Waals surface area contributed by atoms with Crippen LogP contribution in [0, 0.1) is 0 Å². The predicted octanol–water partition coefficient (Wildman–Crippen LogP) is -1.98. The summed E-state index contributed by atoms with van der Waals surface area (Å²) in [5.74, 6) is -4.64. The zero-order valence-corrected chi connectivity index (χ0v) is 17.2. The van der Waals surface area contributed by atoms with Crippen molar-refractivity contribution in [2.75, 3.05) is 6.61 Å². The van der Waals surface area contributed by atoms with E-state index in [4.69, 9.17) is 25.8 Å². The molecule has 1 unspecified atom stereocenters. The first kappa shape index (κ1) is 25.0. The highest BCUT2D eigenvalue weighted by atomic mass is 16.6. The molecule has 0 saturated carbocycles. The highest BCUT2D eigenvalue weighted by Gasteiger charge is 2.41. The number of carboxylic acids is 1. The van der Waals surface area contributed by atoms with E-state index in [-0.39, 0.29) is 27.8 Å². The summed E-state index contributed by atoms with van der Waals surface area (Å²) in [4.78, 5) is 35.8. The number of aromatic carboxylic acids is 1. The van der Waals surface area contributed by atoms with Crippen molar-refractivity contribution in [1.82, 2.24) is 0 Å². The maximum atomic E-state index is 12.4. The Morgan fingerprint density at radius 1 is 0.882 bits per heavy atom. The van der Waals surface area contributed by atoms with Gasteiger partial charge in [0, 0.05) is 17.2 Å². The maximum absolute atomic E-state index is 12.4. The van der Waals surface area contributed by atoms with Gasteiger partial charge in [-0.25, -0.2) is 4.79 Å². The predicted molar refractivity (Wildman–Crippen MR) is 110 cm³/mol. The van der Waals surface area contributed by atoms with Crippen molar-refractivity contribution in [3.05, 3.63) is 52.1 Å². The number of benzene rings is 2. The van der Waals surface area contributed by atoms with Crippen LogP contribution in [-0.4, -0.2) is 95.6 Å². The molecule has 182 valence electrons. The van der Waals surface area contributed by atoms with E-state index in [9.17, 15) is 39.9 Å². The van der Waals surface area contributed by atoms with E-state index in [0.29, 0.717) is 0 Å². The van der Waals surface area contributed by atoms with Gasteiger partial charge < -0.3 is 51.3 Å². The summed E-state index contributed by atoms with van der Waals surface area (Å²) < 4.78 is 4.70. The minimum Gasteiger partial charge on any atom is -0.508 e. The van der Waals surface area contributed by atoms with Gasteiger partial charge in [-0.1, -0.05) is 0 Å². The molecule has 2 aliphatic rings. The monoisotopic (exact) mass is 479 g/mol. The van der Waals surface area contributed by atoms with Crippen molar-refractivity contribution in [3.8, 4) is 17.2 Å². The standard InChI is InChI=1S/C15H8O7.C6H13NO5/c16-6-3-8-12(10(18)4-6)14(20)11-7(13(8)19)1-5(15(21)22)2-9(11)17;7-3-5(10)4(9)2(1-8)12-6(3)11/h1-4,16-18H,(H,21,22);2-6,8-11H,1,7H2/t;2-,3-,4-,5-,6?/m.1/s1. The lowest BCUT2D eigenvalue weighted by Gasteiger charge is -2.38. The van der Waals surface area contributed by atoms with Gasteiger partial charge in [0.2, 0.25) is 5.78 Å². The zero-order valence-electron chi connectivity index (χ0n) is 17.2. The molecule has 34 heavy (non-hydrogen) atoms. The van der Waals surface area contributed by atoms with E-state index >= 15 is 0 Å². The van der Waals surface area contributed by atoms with Crippen molar-refractivity contribution in [3.63, 3.8) is 0 Å². The van der Waals surface area contributed by atoms with Crippen LogP contribution in [0.5, 0.6) is 17.2 Å². The number of ketones is 2. The summed E-state index contributed by atoms with van der Waals surface area (Å²) in [5.41, 5.74) is 3.65. The Bertz CT molecular complexity index is 1160. The van der Waals surface area contributed by atoms with Gasteiger partial charge in [-0.3, -0.25) is 9.59 Å². The third kappa shape index (κ3) is 4.31. The molecule has 2 aromatic carbocycles. The second-order valence-electron chi connectivity index (χ2n) is 7.57. The zero-order chi connectivity index (χ0) is 25.5. The van der Waals surface area contributed by atoms with E-state index in [1.54, 1.807) is 0 Å². The van der Waals surface area contributed by atoms with Crippen LogP contribution in [-0.2, 0) is 4.74 Å². The lowest BCUT2D eigenvalue weighted by molar-refractivity contribution is -0.248. The van der Waals surface area contributed by atoms with Crippen LogP contribution in [0.1, 0.15) is 42.2 Å². The Kier molecular flexibility index (Phi) is 6.88. The number of hydrogen-bond acceptors (Lipinski definition) is 12. The number of phenolic OH excluding ortho intramolecular Hbond substituents is 3. The molecule has 2 aromatic rings. The van der Waals surface area contributed by atoms with Gasteiger partial charge in [0.05, 0.1) is 29.3 Å². The quantitative estimate of drug-likeness (QED) is 0.193. The van der Waals surface area contributed by atoms with Gasteiger partial charge in [0.1, 0.15) is 35.6 Å². The first-order valence-electron chi connectivity index (χ1n) is 9.70. The number of aliphatic hydroxyl groups excluding tert-OH is 4. The van der Waals surface area contributed by atoms with Crippen molar-refractivity contribution in [2.24, 2.45) is 5.73 Å². The molecule has 0 spiro atoms. The average Bonchev–Trinajstić information content (AvgIpc) is 2.77. The molecular weight excluding hydrogens is 458 g/mol. The number of rotatable bonds is 2. The molecule has 13 heteroatoms. The highest BCUT2D eigenvalue weighted by molar-refractivity contribution is 6.30. The molecule has 0 radical (unpaired) electrons. The van der Waals surface area contributed by atoms with Crippen molar-refractivity contribution < 1.29 is 60.0 Å². The van der Waals surface area contributed by atoms with Crippen LogP contribution >= 0.6 is 0 Å². The number of aliphatic hydroxyl groups is 4. The molecule has 0 amide bonds. The molecule has 1 saturated heterocycles. The smallest absolute Gasteiger partial charge is 0.335 e. The number of fused-ring (bicyclic) bond motifs is 2. The molecule has 5 atom stereocenters. The number of carbonyl (C=O) groups is 3. The van der Waals surface area contributed by atoms with Crippen LogP contribution in [0.4, 0.5) is 0 Å². The second-order valence-corrected chi connectivity index (χ2v) is 7.57. The second kappa shape index (κ2) is 9.34. The summed E-state index contributed by atoms with van der Waals surface area (Å²) in [6, 6.07) is 2.69. The van der Waals surface area contributed by atoms with Gasteiger partial charge >= 0.3 is 5.97 Å². The van der Waals surface area contributed by atoms with Crippen LogP contribution < -0.4 is 5.73 Å². The Morgan fingerprint density at radius 3 is 2.00 bits per heavy atom. The third-order valence-electron chi connectivity index (χ3n) is 5.36. The molecular formula is C21H21NO12. The topological polar surface area (TPSA) is 248 Å². The fourth-order valence-corrected chi connectivity index (χ4v) is 3.59. The van der Waals surface area contributed by atoms with Crippen LogP contribution in [0.2, 0.25) is 0 Å². The summed E-state index contributed by atoms with van der Waals surface area (Å²) >= 11 is 0. The highest BCUT2D eigenvalue weighted by Crippen LogP contribution is 2.39. The number of phenols is 3. The first-order valence-corrected chi connectivity index (χ1v) is 9.70. The van der Waals surface area contributed by atoms with E-state index in [1.165, 1.54) is 0 Å². The van der Waals surface area contributed by atoms with E-state index in [0.717, 1.165) is 24.3 Å². The Morgan fingerprint density at radius 2 is 1.44 bits per heavy atom. The average molecular weight is 479 g/mol. The van der Waals surface area contributed by atoms with Crippen LogP contribution in [0.3, 0.4) is 0 Å². The van der Waals surface area contributed by atoms with E-state index in [1.807, 2.05) is 0 Å². The molecule has 10 N–H and O–H groups in total. The SMILES string of the molecule is N[C@H]1C(O)O[C@H](CO)[C@@H](O)[C@@H]1O.O=C(O)c1cc(O)c2c(c1)C(=O)c1cc(O)cc(O)c1C2=O. The molecule has 1 aliphatic heterocycles. The van der Waals surface area contributed by atoms with Gasteiger partial charge in [-0.2, -0.15) is 0 Å². The maximum Gasteiger partial charge on any atom is 0.335 e. The van der Waals surface area contributed by atoms with Gasteiger partial charge in [-0.05, 0) is 18.2 Å². The Hall–Kier alpha value is -3.59. The van der Waals surface area contributed by atoms with Gasteiger partial charge in [-0.15, -0.1) is 0 Å². The third-order valence-corrected chi connectivity index (χ3v) is 5.36. The van der Waals surface area contributed by atoms with Crippen molar-refractivity contribution >= 4 is 17.5 Å². The van der Waals surface area contributed by atoms with Crippen LogP contribution in [0.25, 0.3) is 0 Å². The van der Waals surface area contributed by atoms with Crippen molar-refractivity contribution in [2.45, 2.75) is 30.6 Å². The molecule has 0 bridgehead atoms. The molecule has 0 aromatic heterocycles. The van der Waals surface area contributed by atoms with E-state index in [2.05, 4.69) is 0 Å².